The maximum Gasteiger partial charge on any atom is 0.338 e. The number of ether oxygens (including phenoxy) is 1. The second kappa shape index (κ2) is 7.40. The molecule has 2 aromatic rings. The highest BCUT2D eigenvalue weighted by molar-refractivity contribution is 7.89. The molecule has 0 spiro atoms. The monoisotopic (exact) mass is 360 g/mol. The van der Waals surface area contributed by atoms with Crippen molar-refractivity contribution in [1.82, 2.24) is 0 Å². The van der Waals surface area contributed by atoms with Crippen LogP contribution >= 0.6 is 0 Å². The van der Waals surface area contributed by atoms with Crippen LogP contribution in [0, 0.1) is 0 Å². The van der Waals surface area contributed by atoms with Gasteiger partial charge >= 0.3 is 5.97 Å². The van der Waals surface area contributed by atoms with Crippen molar-refractivity contribution in [2.24, 2.45) is 0 Å². The second-order valence-corrected chi connectivity index (χ2v) is 9.43. The van der Waals surface area contributed by atoms with E-state index in [-0.39, 0.29) is 17.8 Å². The van der Waals surface area contributed by atoms with Crippen LogP contribution in [0.4, 0.5) is 0 Å². The maximum atomic E-state index is 12.1. The summed E-state index contributed by atoms with van der Waals surface area (Å²) < 4.78 is 27.9. The minimum absolute atomic E-state index is 0.0392. The van der Waals surface area contributed by atoms with E-state index in [1.807, 2.05) is 24.3 Å². The van der Waals surface area contributed by atoms with Crippen molar-refractivity contribution in [1.29, 1.82) is 0 Å². The van der Waals surface area contributed by atoms with Gasteiger partial charge in [-0.1, -0.05) is 57.2 Å². The van der Waals surface area contributed by atoms with E-state index in [2.05, 4.69) is 20.8 Å². The lowest BCUT2D eigenvalue weighted by Crippen LogP contribution is -2.11. The number of benzene rings is 2. The summed E-state index contributed by atoms with van der Waals surface area (Å²) in [7, 11) is -3.09. The Hall–Kier alpha value is -2.14. The first-order chi connectivity index (χ1) is 11.5. The van der Waals surface area contributed by atoms with E-state index < -0.39 is 15.8 Å². The number of carbonyl (C=O) groups excluding carboxylic acids is 1. The quantitative estimate of drug-likeness (QED) is 0.759. The average Bonchev–Trinajstić information content (AvgIpc) is 2.51. The Labute approximate surface area is 149 Å². The van der Waals surface area contributed by atoms with Gasteiger partial charge in [-0.05, 0) is 34.2 Å². The van der Waals surface area contributed by atoms with E-state index >= 15 is 0 Å². The normalized spacial score (nSPS) is 12.0. The molecule has 0 saturated carbocycles. The summed E-state index contributed by atoms with van der Waals surface area (Å²) in [6, 6.07) is 14.5. The fourth-order valence-corrected chi connectivity index (χ4v) is 3.17. The highest BCUT2D eigenvalue weighted by Crippen LogP contribution is 2.22. The predicted octanol–water partition coefficient (Wildman–Crippen LogP) is 3.89. The van der Waals surface area contributed by atoms with Crippen LogP contribution in [0.15, 0.2) is 48.5 Å². The number of carbonyl (C=O) groups is 1. The van der Waals surface area contributed by atoms with Gasteiger partial charge in [0.2, 0.25) is 0 Å². The third-order valence-electron chi connectivity index (χ3n) is 3.81. The van der Waals surface area contributed by atoms with E-state index in [1.54, 1.807) is 24.3 Å². The number of hydrogen-bond donors (Lipinski definition) is 0. The fourth-order valence-electron chi connectivity index (χ4n) is 2.37. The van der Waals surface area contributed by atoms with Gasteiger partial charge in [0.15, 0.2) is 9.84 Å². The standard InChI is InChI=1S/C20H24O4S/c1-20(2,3)18-11-7-15(8-12-18)13-24-19(21)17-9-5-16(6-10-17)14-25(4,22)23/h5-12H,13-14H2,1-4H3. The number of hydrogen-bond acceptors (Lipinski definition) is 4. The van der Waals surface area contributed by atoms with E-state index in [4.69, 9.17) is 4.74 Å². The molecule has 0 bridgehead atoms. The van der Waals surface area contributed by atoms with Crippen LogP contribution in [0.3, 0.4) is 0 Å². The molecule has 0 N–H and O–H groups in total. The van der Waals surface area contributed by atoms with Gasteiger partial charge in [0.25, 0.3) is 0 Å². The van der Waals surface area contributed by atoms with Gasteiger partial charge in [-0.2, -0.15) is 0 Å². The minimum atomic E-state index is -3.09. The number of sulfone groups is 1. The van der Waals surface area contributed by atoms with Gasteiger partial charge in [-0.25, -0.2) is 13.2 Å². The first-order valence-corrected chi connectivity index (χ1v) is 10.1. The van der Waals surface area contributed by atoms with E-state index in [1.165, 1.54) is 11.8 Å². The molecule has 25 heavy (non-hydrogen) atoms. The lowest BCUT2D eigenvalue weighted by molar-refractivity contribution is 0.0472. The van der Waals surface area contributed by atoms with Gasteiger partial charge < -0.3 is 4.74 Å². The summed E-state index contributed by atoms with van der Waals surface area (Å²) in [6.45, 7) is 6.65. The van der Waals surface area contributed by atoms with Crippen molar-refractivity contribution < 1.29 is 17.9 Å². The summed E-state index contributed by atoms with van der Waals surface area (Å²) in [5, 5.41) is 0. The third kappa shape index (κ3) is 6.02. The highest BCUT2D eigenvalue weighted by atomic mass is 32.2. The summed E-state index contributed by atoms with van der Waals surface area (Å²) in [5.74, 6) is -0.464. The summed E-state index contributed by atoms with van der Waals surface area (Å²) in [6.07, 6.45) is 1.18. The van der Waals surface area contributed by atoms with Crippen LogP contribution in [0.1, 0.15) is 47.8 Å². The maximum absolute atomic E-state index is 12.1. The average molecular weight is 360 g/mol. The molecule has 0 aliphatic carbocycles. The molecule has 0 saturated heterocycles. The molecule has 2 rings (SSSR count). The Kier molecular flexibility index (Phi) is 5.68. The Bertz CT molecular complexity index is 827. The Balaban J connectivity index is 1.96. The SMILES string of the molecule is CC(C)(C)c1ccc(COC(=O)c2ccc(CS(C)(=O)=O)cc2)cc1. The van der Waals surface area contributed by atoms with Crippen molar-refractivity contribution in [2.75, 3.05) is 6.26 Å². The molecule has 2 aromatic carbocycles. The molecule has 4 nitrogen and oxygen atoms in total. The summed E-state index contributed by atoms with van der Waals surface area (Å²) in [4.78, 5) is 12.1. The number of esters is 1. The molecule has 0 fully saturated rings. The topological polar surface area (TPSA) is 60.4 Å². The minimum Gasteiger partial charge on any atom is -0.457 e. The Morgan fingerprint density at radius 3 is 1.92 bits per heavy atom. The van der Waals surface area contributed by atoms with Crippen molar-refractivity contribution in [3.63, 3.8) is 0 Å². The third-order valence-corrected chi connectivity index (χ3v) is 4.67. The molecule has 0 radical (unpaired) electrons. The molecule has 0 aromatic heterocycles. The summed E-state index contributed by atoms with van der Waals surface area (Å²) >= 11 is 0. The zero-order valence-electron chi connectivity index (χ0n) is 15.1. The van der Waals surface area contributed by atoms with Crippen LogP contribution < -0.4 is 0 Å². The first kappa shape index (κ1) is 19.2. The molecule has 0 unspecified atom stereocenters. The lowest BCUT2D eigenvalue weighted by Gasteiger charge is -2.19. The van der Waals surface area contributed by atoms with Crippen LogP contribution in [0.5, 0.6) is 0 Å². The zero-order chi connectivity index (χ0) is 18.7. The molecular weight excluding hydrogens is 336 g/mol. The Morgan fingerprint density at radius 2 is 1.44 bits per heavy atom. The van der Waals surface area contributed by atoms with Crippen LogP contribution in [0.25, 0.3) is 0 Å². The first-order valence-electron chi connectivity index (χ1n) is 8.08. The molecule has 0 heterocycles. The van der Waals surface area contributed by atoms with E-state index in [9.17, 15) is 13.2 Å². The smallest absolute Gasteiger partial charge is 0.338 e. The highest BCUT2D eigenvalue weighted by Gasteiger charge is 2.13. The molecule has 0 amide bonds. The van der Waals surface area contributed by atoms with E-state index in [0.717, 1.165) is 5.56 Å². The molecule has 0 aliphatic heterocycles. The molecule has 5 heteroatoms. The van der Waals surface area contributed by atoms with Gasteiger partial charge in [-0.3, -0.25) is 0 Å². The Morgan fingerprint density at radius 1 is 0.920 bits per heavy atom. The summed E-state index contributed by atoms with van der Waals surface area (Å²) in [5.41, 5.74) is 3.29. The molecule has 134 valence electrons. The van der Waals surface area contributed by atoms with Crippen molar-refractivity contribution >= 4 is 15.8 Å². The zero-order valence-corrected chi connectivity index (χ0v) is 15.9. The van der Waals surface area contributed by atoms with Crippen LogP contribution in [-0.4, -0.2) is 20.6 Å². The predicted molar refractivity (Wildman–Crippen MR) is 99.3 cm³/mol. The fraction of sp³-hybridized carbons (Fsp3) is 0.350. The molecular formula is C20H24O4S. The van der Waals surface area contributed by atoms with Gasteiger partial charge in [-0.15, -0.1) is 0 Å². The van der Waals surface area contributed by atoms with Crippen LogP contribution in [-0.2, 0) is 32.3 Å². The van der Waals surface area contributed by atoms with Crippen molar-refractivity contribution in [3.05, 3.63) is 70.8 Å². The van der Waals surface area contributed by atoms with Crippen molar-refractivity contribution in [3.8, 4) is 0 Å². The molecule has 0 aliphatic rings. The van der Waals surface area contributed by atoms with Crippen LogP contribution in [0.2, 0.25) is 0 Å². The lowest BCUT2D eigenvalue weighted by atomic mass is 9.87. The largest absolute Gasteiger partial charge is 0.457 e. The van der Waals surface area contributed by atoms with Gasteiger partial charge in [0.05, 0.1) is 11.3 Å². The van der Waals surface area contributed by atoms with Crippen molar-refractivity contribution in [2.45, 2.75) is 38.5 Å². The van der Waals surface area contributed by atoms with Gasteiger partial charge in [0, 0.05) is 6.26 Å². The second-order valence-electron chi connectivity index (χ2n) is 7.29. The van der Waals surface area contributed by atoms with Gasteiger partial charge in [0.1, 0.15) is 6.61 Å². The molecule has 0 atom stereocenters. The number of rotatable bonds is 5. The van der Waals surface area contributed by atoms with E-state index in [0.29, 0.717) is 11.1 Å².